The molecular weight excluding hydrogens is 560 g/mol. The van der Waals surface area contributed by atoms with Gasteiger partial charge in [0.05, 0.1) is 23.0 Å². The Bertz CT molecular complexity index is 1700. The van der Waals surface area contributed by atoms with E-state index in [1.54, 1.807) is 43.1 Å². The van der Waals surface area contributed by atoms with Crippen LogP contribution in [0.15, 0.2) is 59.3 Å². The van der Waals surface area contributed by atoms with Crippen molar-refractivity contribution < 1.29 is 28.3 Å². The standard InChI is InChI=1S/C31H29ClN4O6/c1-3-40-28(37)17-34-30(38)29-18(2)20-14-27(22(32)15-26(20)42-29)41-25-10-11-33-16-21(25)31(39)36-13-12-35(19-8-9-19)23-6-4-5-7-24(23)36/h4-7,10-11,14-16,19H,3,8-9,12-13,17H2,1-2H3,(H,34,38). The molecule has 216 valence electrons. The number of aryl methyl sites for hydroxylation is 1. The van der Waals surface area contributed by atoms with Gasteiger partial charge in [-0.15, -0.1) is 0 Å². The fraction of sp³-hybridized carbons (Fsp3) is 0.290. The van der Waals surface area contributed by atoms with Gasteiger partial charge >= 0.3 is 5.97 Å². The van der Waals surface area contributed by atoms with Crippen LogP contribution in [0, 0.1) is 6.92 Å². The Morgan fingerprint density at radius 3 is 2.64 bits per heavy atom. The van der Waals surface area contributed by atoms with Crippen LogP contribution in [0.1, 0.15) is 46.2 Å². The molecule has 2 amide bonds. The molecule has 2 aromatic carbocycles. The second-order valence-corrected chi connectivity index (χ2v) is 10.6. The summed E-state index contributed by atoms with van der Waals surface area (Å²) in [5.41, 5.74) is 3.13. The fourth-order valence-corrected chi connectivity index (χ4v) is 5.41. The number of hydrogen-bond acceptors (Lipinski definition) is 8. The van der Waals surface area contributed by atoms with Crippen LogP contribution in [0.3, 0.4) is 0 Å². The average molecular weight is 589 g/mol. The van der Waals surface area contributed by atoms with Crippen molar-refractivity contribution in [3.05, 3.63) is 76.8 Å². The minimum absolute atomic E-state index is 0.0475. The first-order valence-electron chi connectivity index (χ1n) is 13.8. The molecule has 0 radical (unpaired) electrons. The smallest absolute Gasteiger partial charge is 0.325 e. The van der Waals surface area contributed by atoms with Crippen molar-refractivity contribution >= 4 is 51.7 Å². The van der Waals surface area contributed by atoms with Crippen LogP contribution < -0.4 is 19.9 Å². The van der Waals surface area contributed by atoms with Crippen molar-refractivity contribution in [3.8, 4) is 11.5 Å². The van der Waals surface area contributed by atoms with Crippen LogP contribution in [-0.2, 0) is 9.53 Å². The van der Waals surface area contributed by atoms with Crippen LogP contribution in [0.5, 0.6) is 11.5 Å². The van der Waals surface area contributed by atoms with Gasteiger partial charge in [-0.3, -0.25) is 19.4 Å². The number of para-hydroxylation sites is 2. The van der Waals surface area contributed by atoms with Gasteiger partial charge in [-0.1, -0.05) is 23.7 Å². The van der Waals surface area contributed by atoms with E-state index in [0.717, 1.165) is 17.9 Å². The zero-order valence-corrected chi connectivity index (χ0v) is 23.9. The van der Waals surface area contributed by atoms with Gasteiger partial charge < -0.3 is 29.0 Å². The van der Waals surface area contributed by atoms with E-state index in [0.29, 0.717) is 40.4 Å². The van der Waals surface area contributed by atoms with Crippen LogP contribution in [0.2, 0.25) is 5.02 Å². The third kappa shape index (κ3) is 5.25. The van der Waals surface area contributed by atoms with E-state index >= 15 is 0 Å². The minimum Gasteiger partial charge on any atom is -0.465 e. The Hall–Kier alpha value is -4.57. The lowest BCUT2D eigenvalue weighted by atomic mass is 10.1. The lowest BCUT2D eigenvalue weighted by Gasteiger charge is -2.38. The molecule has 2 aliphatic rings. The first-order valence-corrected chi connectivity index (χ1v) is 14.2. The monoisotopic (exact) mass is 588 g/mol. The van der Waals surface area contributed by atoms with Crippen molar-refractivity contribution in [1.82, 2.24) is 10.3 Å². The third-order valence-corrected chi connectivity index (χ3v) is 7.70. The molecule has 1 saturated carbocycles. The Morgan fingerprint density at radius 1 is 1.10 bits per heavy atom. The molecular formula is C31H29ClN4O6. The lowest BCUT2D eigenvalue weighted by molar-refractivity contribution is -0.141. The zero-order chi connectivity index (χ0) is 29.4. The third-order valence-electron chi connectivity index (χ3n) is 7.41. The van der Waals surface area contributed by atoms with E-state index in [9.17, 15) is 14.4 Å². The van der Waals surface area contributed by atoms with Gasteiger partial charge in [-0.2, -0.15) is 0 Å². The molecule has 11 heteroatoms. The number of amides is 2. The normalized spacial score (nSPS) is 14.5. The van der Waals surface area contributed by atoms with Crippen molar-refractivity contribution in [2.75, 3.05) is 36.0 Å². The molecule has 1 fully saturated rings. The number of halogens is 1. The highest BCUT2D eigenvalue weighted by Gasteiger charge is 2.36. The number of fused-ring (bicyclic) bond motifs is 2. The molecule has 42 heavy (non-hydrogen) atoms. The summed E-state index contributed by atoms with van der Waals surface area (Å²) in [7, 11) is 0. The number of nitrogens with zero attached hydrogens (tertiary/aromatic N) is 3. The maximum absolute atomic E-state index is 13.9. The van der Waals surface area contributed by atoms with E-state index < -0.39 is 11.9 Å². The highest BCUT2D eigenvalue weighted by molar-refractivity contribution is 6.33. The van der Waals surface area contributed by atoms with Gasteiger partial charge in [0.25, 0.3) is 11.8 Å². The summed E-state index contributed by atoms with van der Waals surface area (Å²) >= 11 is 6.57. The van der Waals surface area contributed by atoms with Gasteiger partial charge in [0.2, 0.25) is 0 Å². The molecule has 10 nitrogen and oxygen atoms in total. The topological polar surface area (TPSA) is 114 Å². The SMILES string of the molecule is CCOC(=O)CNC(=O)c1oc2cc(Cl)c(Oc3ccncc3C(=O)N3CCN(C4CC4)c4ccccc43)cc2c1C. The van der Waals surface area contributed by atoms with Crippen LogP contribution in [0.4, 0.5) is 11.4 Å². The molecule has 0 atom stereocenters. The summed E-state index contributed by atoms with van der Waals surface area (Å²) in [4.78, 5) is 46.6. The molecule has 6 rings (SSSR count). The molecule has 0 bridgehead atoms. The quantitative estimate of drug-likeness (QED) is 0.268. The van der Waals surface area contributed by atoms with Crippen LogP contribution in [0.25, 0.3) is 11.0 Å². The second kappa shape index (κ2) is 11.4. The summed E-state index contributed by atoms with van der Waals surface area (Å²) in [6.45, 7) is 4.64. The first-order chi connectivity index (χ1) is 20.4. The lowest BCUT2D eigenvalue weighted by Crippen LogP contribution is -2.45. The van der Waals surface area contributed by atoms with Crippen molar-refractivity contribution in [2.45, 2.75) is 32.7 Å². The van der Waals surface area contributed by atoms with E-state index in [-0.39, 0.29) is 35.6 Å². The molecule has 0 unspecified atom stereocenters. The van der Waals surface area contributed by atoms with Crippen LogP contribution in [-0.4, -0.2) is 55.1 Å². The highest BCUT2D eigenvalue weighted by atomic mass is 35.5. The molecule has 1 aliphatic heterocycles. The number of pyridine rings is 1. The number of benzene rings is 2. The average Bonchev–Trinajstić information content (AvgIpc) is 3.79. The summed E-state index contributed by atoms with van der Waals surface area (Å²) < 4.78 is 16.8. The Kier molecular flexibility index (Phi) is 7.47. The largest absolute Gasteiger partial charge is 0.465 e. The highest BCUT2D eigenvalue weighted by Crippen LogP contribution is 2.42. The number of rotatable bonds is 8. The van der Waals surface area contributed by atoms with Crippen molar-refractivity contribution in [3.63, 3.8) is 0 Å². The van der Waals surface area contributed by atoms with Gasteiger partial charge in [0.1, 0.15) is 29.2 Å². The molecule has 1 aliphatic carbocycles. The van der Waals surface area contributed by atoms with E-state index in [2.05, 4.69) is 21.3 Å². The van der Waals surface area contributed by atoms with Gasteiger partial charge in [0, 0.05) is 48.5 Å². The van der Waals surface area contributed by atoms with E-state index in [4.69, 9.17) is 25.5 Å². The predicted molar refractivity (Wildman–Crippen MR) is 158 cm³/mol. The fourth-order valence-electron chi connectivity index (χ4n) is 5.22. The molecule has 3 heterocycles. The molecule has 2 aromatic heterocycles. The maximum atomic E-state index is 13.9. The summed E-state index contributed by atoms with van der Waals surface area (Å²) in [6.07, 6.45) is 5.38. The number of hydrogen-bond donors (Lipinski definition) is 1. The zero-order valence-electron chi connectivity index (χ0n) is 23.2. The Morgan fingerprint density at radius 2 is 1.88 bits per heavy atom. The Labute approximate surface area is 247 Å². The number of anilines is 2. The second-order valence-electron chi connectivity index (χ2n) is 10.2. The summed E-state index contributed by atoms with van der Waals surface area (Å²) in [5, 5.41) is 3.33. The molecule has 1 N–H and O–H groups in total. The van der Waals surface area contributed by atoms with E-state index in [1.165, 1.54) is 19.0 Å². The van der Waals surface area contributed by atoms with Crippen LogP contribution >= 0.6 is 11.6 Å². The predicted octanol–water partition coefficient (Wildman–Crippen LogP) is 5.50. The maximum Gasteiger partial charge on any atom is 0.325 e. The molecule has 0 saturated heterocycles. The first kappa shape index (κ1) is 27.6. The minimum atomic E-state index is -0.556. The summed E-state index contributed by atoms with van der Waals surface area (Å²) in [6, 6.07) is 13.3. The number of furan rings is 1. The van der Waals surface area contributed by atoms with Gasteiger partial charge in [-0.05, 0) is 51.0 Å². The molecule has 0 spiro atoms. The number of ether oxygens (including phenoxy) is 2. The van der Waals surface area contributed by atoms with E-state index in [1.807, 2.05) is 18.2 Å². The number of aromatic nitrogens is 1. The number of carbonyl (C=O) groups is 3. The molecule has 4 aromatic rings. The van der Waals surface area contributed by atoms with Gasteiger partial charge in [0.15, 0.2) is 5.76 Å². The number of carbonyl (C=O) groups excluding carboxylic acids is 3. The Balaban J connectivity index is 1.27. The number of esters is 1. The summed E-state index contributed by atoms with van der Waals surface area (Å²) in [5.74, 6) is -0.698. The van der Waals surface area contributed by atoms with Crippen molar-refractivity contribution in [2.24, 2.45) is 0 Å². The van der Waals surface area contributed by atoms with Gasteiger partial charge in [-0.25, -0.2) is 0 Å². The number of nitrogens with one attached hydrogen (secondary N) is 1. The van der Waals surface area contributed by atoms with Crippen molar-refractivity contribution in [1.29, 1.82) is 0 Å².